The number of aromatic hydroxyl groups is 1. The second kappa shape index (κ2) is 8.38. The number of benzene rings is 1. The first-order valence-corrected chi connectivity index (χ1v) is 9.03. The van der Waals surface area contributed by atoms with Crippen LogP contribution in [-0.2, 0) is 4.79 Å². The lowest BCUT2D eigenvalue weighted by Crippen LogP contribution is -2.41. The van der Waals surface area contributed by atoms with Crippen molar-refractivity contribution >= 4 is 34.6 Å². The molecule has 1 aromatic carbocycles. The van der Waals surface area contributed by atoms with Gasteiger partial charge in [0.15, 0.2) is 11.5 Å². The highest BCUT2D eigenvalue weighted by Gasteiger charge is 2.24. The third kappa shape index (κ3) is 4.41. The van der Waals surface area contributed by atoms with E-state index in [9.17, 15) is 15.2 Å². The highest BCUT2D eigenvalue weighted by Crippen LogP contribution is 2.33. The number of methoxy groups -OCH3 is 1. The normalized spacial score (nSPS) is 21.0. The quantitative estimate of drug-likeness (QED) is 0.426. The summed E-state index contributed by atoms with van der Waals surface area (Å²) in [4.78, 5) is 12.4. The molecule has 0 heterocycles. The maximum atomic E-state index is 12.4. The van der Waals surface area contributed by atoms with Crippen LogP contribution in [0.15, 0.2) is 17.7 Å². The third-order valence-electron chi connectivity index (χ3n) is 4.37. The van der Waals surface area contributed by atoms with Gasteiger partial charge in [0.1, 0.15) is 11.6 Å². The molecule has 0 radical (unpaired) electrons. The molecule has 24 heavy (non-hydrogen) atoms. The zero-order valence-electron chi connectivity index (χ0n) is 13.8. The van der Waals surface area contributed by atoms with Gasteiger partial charge in [-0.1, -0.05) is 19.8 Å². The van der Waals surface area contributed by atoms with Crippen LogP contribution < -0.4 is 10.1 Å². The molecule has 2 rings (SSSR count). The van der Waals surface area contributed by atoms with E-state index in [1.807, 2.05) is 28.7 Å². The van der Waals surface area contributed by atoms with Crippen LogP contribution in [0.2, 0.25) is 0 Å². The zero-order valence-corrected chi connectivity index (χ0v) is 16.0. The Balaban J connectivity index is 2.21. The molecular formula is C18H21IN2O3. The number of nitrogens with one attached hydrogen (secondary N) is 1. The maximum absolute atomic E-state index is 12.4. The number of amides is 1. The van der Waals surface area contributed by atoms with Crippen molar-refractivity contribution in [3.05, 3.63) is 26.8 Å². The van der Waals surface area contributed by atoms with Crippen molar-refractivity contribution in [2.75, 3.05) is 7.11 Å². The fraction of sp³-hybridized carbons (Fsp3) is 0.444. The van der Waals surface area contributed by atoms with Gasteiger partial charge in [-0.2, -0.15) is 5.26 Å². The fourth-order valence-corrected chi connectivity index (χ4v) is 3.55. The molecule has 2 N–H and O–H groups in total. The highest BCUT2D eigenvalue weighted by atomic mass is 127. The minimum Gasteiger partial charge on any atom is -0.504 e. The number of nitrogens with zero attached hydrogens (tertiary/aromatic N) is 1. The number of phenols is 1. The summed E-state index contributed by atoms with van der Waals surface area (Å²) in [6.45, 7) is 2.13. The van der Waals surface area contributed by atoms with Crippen LogP contribution in [0.4, 0.5) is 0 Å². The molecule has 128 valence electrons. The standard InChI is InChI=1S/C18H21IN2O3/c1-11-5-3-4-6-15(11)21-18(23)13(10-20)7-12-8-14(19)17(22)16(9-12)24-2/h7-9,11,15,22H,3-6H2,1-2H3,(H,21,23)/b13-7+/t11-,15+/m1/s1. The average molecular weight is 440 g/mol. The molecule has 0 unspecified atom stereocenters. The number of phenolic OH excluding ortho intramolecular Hbond substituents is 1. The lowest BCUT2D eigenvalue weighted by molar-refractivity contribution is -0.118. The van der Waals surface area contributed by atoms with Crippen molar-refractivity contribution in [2.45, 2.75) is 38.6 Å². The Kier molecular flexibility index (Phi) is 6.49. The number of hydrogen-bond acceptors (Lipinski definition) is 4. The van der Waals surface area contributed by atoms with E-state index in [-0.39, 0.29) is 23.3 Å². The molecule has 0 aromatic heterocycles. The highest BCUT2D eigenvalue weighted by molar-refractivity contribution is 14.1. The monoisotopic (exact) mass is 440 g/mol. The van der Waals surface area contributed by atoms with E-state index >= 15 is 0 Å². The van der Waals surface area contributed by atoms with E-state index in [1.165, 1.54) is 19.6 Å². The fourth-order valence-electron chi connectivity index (χ4n) is 2.92. The molecule has 0 saturated heterocycles. The molecule has 1 saturated carbocycles. The van der Waals surface area contributed by atoms with Gasteiger partial charge in [-0.3, -0.25) is 4.79 Å². The van der Waals surface area contributed by atoms with Gasteiger partial charge < -0.3 is 15.2 Å². The molecule has 0 spiro atoms. The third-order valence-corrected chi connectivity index (χ3v) is 5.20. The van der Waals surface area contributed by atoms with E-state index < -0.39 is 0 Å². The number of carbonyl (C=O) groups excluding carboxylic acids is 1. The lowest BCUT2D eigenvalue weighted by Gasteiger charge is -2.29. The average Bonchev–Trinajstić information content (AvgIpc) is 2.57. The summed E-state index contributed by atoms with van der Waals surface area (Å²) in [6, 6.07) is 5.40. The topological polar surface area (TPSA) is 82.3 Å². The van der Waals surface area contributed by atoms with Crippen molar-refractivity contribution in [3.63, 3.8) is 0 Å². The SMILES string of the molecule is COc1cc(/C=C(\C#N)C(=O)N[C@H]2CCCC[C@H]2C)cc(I)c1O. The molecule has 1 amide bonds. The Morgan fingerprint density at radius 3 is 2.79 bits per heavy atom. The van der Waals surface area contributed by atoms with Gasteiger partial charge in [0.25, 0.3) is 5.91 Å². The van der Waals surface area contributed by atoms with Crippen LogP contribution in [0.25, 0.3) is 6.08 Å². The summed E-state index contributed by atoms with van der Waals surface area (Å²) in [5.74, 6) is 0.441. The van der Waals surface area contributed by atoms with Gasteiger partial charge in [-0.15, -0.1) is 0 Å². The zero-order chi connectivity index (χ0) is 17.7. The Bertz CT molecular complexity index is 694. The smallest absolute Gasteiger partial charge is 0.262 e. The van der Waals surface area contributed by atoms with Gasteiger partial charge >= 0.3 is 0 Å². The summed E-state index contributed by atoms with van der Waals surface area (Å²) >= 11 is 1.98. The van der Waals surface area contributed by atoms with E-state index in [4.69, 9.17) is 4.74 Å². The summed E-state index contributed by atoms with van der Waals surface area (Å²) in [7, 11) is 1.46. The summed E-state index contributed by atoms with van der Waals surface area (Å²) < 4.78 is 5.70. The van der Waals surface area contributed by atoms with Crippen LogP contribution in [0.1, 0.15) is 38.2 Å². The van der Waals surface area contributed by atoms with Gasteiger partial charge in [0.2, 0.25) is 0 Å². The summed E-state index contributed by atoms with van der Waals surface area (Å²) in [5, 5.41) is 22.2. The van der Waals surface area contributed by atoms with E-state index in [1.54, 1.807) is 12.1 Å². The minimum absolute atomic E-state index is 0.0502. The van der Waals surface area contributed by atoms with Crippen molar-refractivity contribution in [1.82, 2.24) is 5.32 Å². The van der Waals surface area contributed by atoms with Crippen LogP contribution in [-0.4, -0.2) is 24.2 Å². The number of nitriles is 1. The van der Waals surface area contributed by atoms with E-state index in [2.05, 4.69) is 12.2 Å². The van der Waals surface area contributed by atoms with Crippen LogP contribution in [0.5, 0.6) is 11.5 Å². The Morgan fingerprint density at radius 1 is 1.46 bits per heavy atom. The van der Waals surface area contributed by atoms with Crippen molar-refractivity contribution in [2.24, 2.45) is 5.92 Å². The Labute approximate surface area is 155 Å². The molecule has 6 heteroatoms. The number of carbonyl (C=O) groups is 1. The minimum atomic E-state index is -0.349. The molecule has 1 aliphatic carbocycles. The summed E-state index contributed by atoms with van der Waals surface area (Å²) in [5.41, 5.74) is 0.689. The van der Waals surface area contributed by atoms with Gasteiger partial charge in [-0.25, -0.2) is 0 Å². The van der Waals surface area contributed by atoms with Crippen LogP contribution in [0, 0.1) is 20.8 Å². The predicted octanol–water partition coefficient (Wildman–Crippen LogP) is 3.61. The van der Waals surface area contributed by atoms with Crippen LogP contribution >= 0.6 is 22.6 Å². The summed E-state index contributed by atoms with van der Waals surface area (Å²) in [6.07, 6.45) is 5.88. The molecular weight excluding hydrogens is 419 g/mol. The molecule has 5 nitrogen and oxygen atoms in total. The molecule has 1 aromatic rings. The van der Waals surface area contributed by atoms with Crippen molar-refractivity contribution in [3.8, 4) is 17.6 Å². The number of halogens is 1. The van der Waals surface area contributed by atoms with E-state index in [0.29, 0.717) is 20.8 Å². The largest absolute Gasteiger partial charge is 0.504 e. The molecule has 1 fully saturated rings. The van der Waals surface area contributed by atoms with E-state index in [0.717, 1.165) is 19.3 Å². The second-order valence-electron chi connectivity index (χ2n) is 6.07. The van der Waals surface area contributed by atoms with Crippen molar-refractivity contribution < 1.29 is 14.6 Å². The van der Waals surface area contributed by atoms with Gasteiger partial charge in [0, 0.05) is 6.04 Å². The first-order chi connectivity index (χ1) is 11.5. The van der Waals surface area contributed by atoms with Gasteiger partial charge in [0.05, 0.1) is 10.7 Å². The maximum Gasteiger partial charge on any atom is 0.262 e. The predicted molar refractivity (Wildman–Crippen MR) is 101 cm³/mol. The Hall–Kier alpha value is -1.75. The van der Waals surface area contributed by atoms with Gasteiger partial charge in [-0.05, 0) is 65.1 Å². The molecule has 0 bridgehead atoms. The van der Waals surface area contributed by atoms with Crippen molar-refractivity contribution in [1.29, 1.82) is 5.26 Å². The first-order valence-electron chi connectivity index (χ1n) is 7.95. The first kappa shape index (κ1) is 18.6. The second-order valence-corrected chi connectivity index (χ2v) is 7.23. The number of rotatable bonds is 4. The Morgan fingerprint density at radius 2 is 2.17 bits per heavy atom. The molecule has 0 aliphatic heterocycles. The molecule has 2 atom stereocenters. The lowest BCUT2D eigenvalue weighted by atomic mass is 9.86. The number of hydrogen-bond donors (Lipinski definition) is 2. The number of ether oxygens (including phenoxy) is 1. The molecule has 1 aliphatic rings. The van der Waals surface area contributed by atoms with Crippen LogP contribution in [0.3, 0.4) is 0 Å².